The first-order valence-electron chi connectivity index (χ1n) is 6.42. The quantitative estimate of drug-likeness (QED) is 0.779. The normalized spacial score (nSPS) is 19.9. The second-order valence-electron chi connectivity index (χ2n) is 4.75. The minimum Gasteiger partial charge on any atom is -0.378 e. The van der Waals surface area contributed by atoms with E-state index in [9.17, 15) is 4.79 Å². The van der Waals surface area contributed by atoms with Crippen LogP contribution in [0.15, 0.2) is 60.2 Å². The molecular formula is C17H15NO. The Kier molecular flexibility index (Phi) is 2.92. The molecule has 1 unspecified atom stereocenters. The summed E-state index contributed by atoms with van der Waals surface area (Å²) in [5.74, 6) is 0.116. The average molecular weight is 249 g/mol. The van der Waals surface area contributed by atoms with Gasteiger partial charge in [0.25, 0.3) is 0 Å². The molecule has 0 aliphatic carbocycles. The number of carbonyl (C=O) groups excluding carboxylic acids is 1. The molecule has 1 heterocycles. The highest BCUT2D eigenvalue weighted by Crippen LogP contribution is 2.28. The van der Waals surface area contributed by atoms with Gasteiger partial charge in [0.15, 0.2) is 5.78 Å². The highest BCUT2D eigenvalue weighted by Gasteiger charge is 2.26. The molecule has 1 aliphatic heterocycles. The number of anilines is 1. The number of rotatable bonds is 1. The van der Waals surface area contributed by atoms with Crippen LogP contribution < -0.4 is 5.32 Å². The number of hydrogen-bond donors (Lipinski definition) is 1. The van der Waals surface area contributed by atoms with Crippen LogP contribution in [0.1, 0.15) is 22.8 Å². The van der Waals surface area contributed by atoms with Crippen molar-refractivity contribution in [2.75, 3.05) is 5.32 Å². The molecule has 0 fully saturated rings. The van der Waals surface area contributed by atoms with E-state index in [1.165, 1.54) is 0 Å². The summed E-state index contributed by atoms with van der Waals surface area (Å²) in [7, 11) is 0. The molecule has 0 saturated carbocycles. The lowest BCUT2D eigenvalue weighted by Crippen LogP contribution is -2.29. The van der Waals surface area contributed by atoms with Gasteiger partial charge in [-0.1, -0.05) is 42.5 Å². The van der Waals surface area contributed by atoms with Crippen molar-refractivity contribution in [3.63, 3.8) is 0 Å². The first-order chi connectivity index (χ1) is 9.25. The zero-order valence-electron chi connectivity index (χ0n) is 10.8. The first kappa shape index (κ1) is 11.7. The van der Waals surface area contributed by atoms with Crippen LogP contribution in [-0.2, 0) is 0 Å². The third-order valence-corrected chi connectivity index (χ3v) is 3.39. The van der Waals surface area contributed by atoms with Crippen molar-refractivity contribution in [3.8, 4) is 0 Å². The van der Waals surface area contributed by atoms with E-state index in [0.29, 0.717) is 0 Å². The molecule has 0 aromatic heterocycles. The highest BCUT2D eigenvalue weighted by atomic mass is 16.1. The smallest absolute Gasteiger partial charge is 0.193 e. The number of hydrogen-bond acceptors (Lipinski definition) is 2. The topological polar surface area (TPSA) is 29.1 Å². The summed E-state index contributed by atoms with van der Waals surface area (Å²) in [6.45, 7) is 2.02. The van der Waals surface area contributed by atoms with Gasteiger partial charge in [-0.3, -0.25) is 4.79 Å². The van der Waals surface area contributed by atoms with E-state index in [-0.39, 0.29) is 11.8 Å². The maximum Gasteiger partial charge on any atom is 0.193 e. The number of nitrogens with one attached hydrogen (secondary N) is 1. The van der Waals surface area contributed by atoms with Crippen LogP contribution in [0.5, 0.6) is 0 Å². The van der Waals surface area contributed by atoms with Crippen LogP contribution in [0.4, 0.5) is 5.69 Å². The minimum atomic E-state index is 0.0302. The zero-order chi connectivity index (χ0) is 13.2. The summed E-state index contributed by atoms with van der Waals surface area (Å²) in [6, 6.07) is 17.6. The molecular weight excluding hydrogens is 234 g/mol. The lowest BCUT2D eigenvalue weighted by Gasteiger charge is -2.26. The van der Waals surface area contributed by atoms with Gasteiger partial charge in [0, 0.05) is 16.8 Å². The van der Waals surface area contributed by atoms with E-state index >= 15 is 0 Å². The monoisotopic (exact) mass is 249 g/mol. The SMILES string of the molecule is CC1Nc2ccccc2C(=O)/C1=C/c1ccccc1. The van der Waals surface area contributed by atoms with Crippen molar-refractivity contribution >= 4 is 17.5 Å². The first-order valence-corrected chi connectivity index (χ1v) is 6.42. The number of Topliss-reactive ketones (excluding diaryl/α,β-unsaturated/α-hetero) is 1. The Morgan fingerprint density at radius 2 is 1.68 bits per heavy atom. The Bertz CT molecular complexity index is 643. The molecule has 2 aromatic carbocycles. The average Bonchev–Trinajstić information content (AvgIpc) is 2.45. The summed E-state index contributed by atoms with van der Waals surface area (Å²) in [5, 5.41) is 3.37. The van der Waals surface area contributed by atoms with Crippen molar-refractivity contribution in [1.29, 1.82) is 0 Å². The van der Waals surface area contributed by atoms with Crippen molar-refractivity contribution < 1.29 is 4.79 Å². The Balaban J connectivity index is 2.05. The fraction of sp³-hybridized carbons (Fsp3) is 0.118. The molecule has 94 valence electrons. The van der Waals surface area contributed by atoms with Gasteiger partial charge >= 0.3 is 0 Å². The predicted octanol–water partition coefficient (Wildman–Crippen LogP) is 3.77. The third-order valence-electron chi connectivity index (χ3n) is 3.39. The number of ketones is 1. The molecule has 1 N–H and O–H groups in total. The molecule has 0 radical (unpaired) electrons. The Morgan fingerprint density at radius 1 is 1.00 bits per heavy atom. The van der Waals surface area contributed by atoms with Crippen molar-refractivity contribution in [2.45, 2.75) is 13.0 Å². The summed E-state index contributed by atoms with van der Waals surface area (Å²) in [4.78, 5) is 12.5. The molecule has 3 rings (SSSR count). The van der Waals surface area contributed by atoms with Crippen LogP contribution in [0.25, 0.3) is 6.08 Å². The molecule has 2 aromatic rings. The highest BCUT2D eigenvalue weighted by molar-refractivity contribution is 6.17. The second kappa shape index (κ2) is 4.73. The van der Waals surface area contributed by atoms with Gasteiger partial charge in [-0.2, -0.15) is 0 Å². The standard InChI is InChI=1S/C17H15NO/c1-12-15(11-13-7-3-2-4-8-13)17(19)14-9-5-6-10-16(14)18-12/h2-12,18H,1H3/b15-11+. The Morgan fingerprint density at radius 3 is 2.47 bits per heavy atom. The summed E-state index contributed by atoms with van der Waals surface area (Å²) in [6.07, 6.45) is 1.97. The summed E-state index contributed by atoms with van der Waals surface area (Å²) < 4.78 is 0. The van der Waals surface area contributed by atoms with Crippen LogP contribution >= 0.6 is 0 Å². The summed E-state index contributed by atoms with van der Waals surface area (Å²) >= 11 is 0. The molecule has 0 amide bonds. The summed E-state index contributed by atoms with van der Waals surface area (Å²) in [5.41, 5.74) is 3.54. The number of para-hydroxylation sites is 1. The minimum absolute atomic E-state index is 0.0302. The molecule has 0 saturated heterocycles. The fourth-order valence-electron chi connectivity index (χ4n) is 2.39. The molecule has 19 heavy (non-hydrogen) atoms. The molecule has 0 bridgehead atoms. The van der Waals surface area contributed by atoms with Gasteiger partial charge in [-0.25, -0.2) is 0 Å². The zero-order valence-corrected chi connectivity index (χ0v) is 10.8. The van der Waals surface area contributed by atoms with E-state index in [0.717, 1.165) is 22.4 Å². The van der Waals surface area contributed by atoms with Crippen LogP contribution in [-0.4, -0.2) is 11.8 Å². The van der Waals surface area contributed by atoms with Gasteiger partial charge < -0.3 is 5.32 Å². The largest absolute Gasteiger partial charge is 0.378 e. The fourth-order valence-corrected chi connectivity index (χ4v) is 2.39. The Labute approximate surface area is 112 Å². The van der Waals surface area contributed by atoms with Crippen molar-refractivity contribution in [2.24, 2.45) is 0 Å². The number of fused-ring (bicyclic) bond motifs is 1. The number of benzene rings is 2. The van der Waals surface area contributed by atoms with Gasteiger partial charge in [0.2, 0.25) is 0 Å². The van der Waals surface area contributed by atoms with Crippen LogP contribution in [0, 0.1) is 0 Å². The molecule has 1 atom stereocenters. The Hall–Kier alpha value is -2.35. The molecule has 2 nitrogen and oxygen atoms in total. The molecule has 2 heteroatoms. The molecule has 1 aliphatic rings. The predicted molar refractivity (Wildman–Crippen MR) is 78.3 cm³/mol. The maximum absolute atomic E-state index is 12.5. The van der Waals surface area contributed by atoms with Gasteiger partial charge in [0.1, 0.15) is 0 Å². The number of carbonyl (C=O) groups is 1. The lowest BCUT2D eigenvalue weighted by molar-refractivity contribution is 0.102. The third kappa shape index (κ3) is 2.17. The van der Waals surface area contributed by atoms with E-state index in [4.69, 9.17) is 0 Å². The van der Waals surface area contributed by atoms with E-state index < -0.39 is 0 Å². The van der Waals surface area contributed by atoms with E-state index in [2.05, 4.69) is 5.32 Å². The van der Waals surface area contributed by atoms with Gasteiger partial charge in [-0.05, 0) is 30.7 Å². The lowest BCUT2D eigenvalue weighted by atomic mass is 9.91. The van der Waals surface area contributed by atoms with Crippen molar-refractivity contribution in [3.05, 3.63) is 71.3 Å². The van der Waals surface area contributed by atoms with Crippen LogP contribution in [0.3, 0.4) is 0 Å². The molecule has 0 spiro atoms. The van der Waals surface area contributed by atoms with E-state index in [1.807, 2.05) is 67.6 Å². The van der Waals surface area contributed by atoms with Crippen LogP contribution in [0.2, 0.25) is 0 Å². The van der Waals surface area contributed by atoms with Gasteiger partial charge in [0.05, 0.1) is 6.04 Å². The van der Waals surface area contributed by atoms with Gasteiger partial charge in [-0.15, -0.1) is 0 Å². The van der Waals surface area contributed by atoms with Crippen molar-refractivity contribution in [1.82, 2.24) is 0 Å². The maximum atomic E-state index is 12.5. The van der Waals surface area contributed by atoms with E-state index in [1.54, 1.807) is 0 Å². The second-order valence-corrected chi connectivity index (χ2v) is 4.75.